The monoisotopic (exact) mass is 440 g/mol. The lowest BCUT2D eigenvalue weighted by molar-refractivity contribution is 0.415. The molecular formula is C31H24N2O. The van der Waals surface area contributed by atoms with Crippen molar-refractivity contribution in [2.75, 3.05) is 7.11 Å². The first kappa shape index (κ1) is 20.3. The molecule has 0 unspecified atom stereocenters. The van der Waals surface area contributed by atoms with Gasteiger partial charge < -0.3 is 9.30 Å². The van der Waals surface area contributed by atoms with Gasteiger partial charge in [-0.25, -0.2) is 4.98 Å². The van der Waals surface area contributed by atoms with E-state index < -0.39 is 0 Å². The molecule has 3 heteroatoms. The number of pyridine rings is 1. The fourth-order valence-corrected chi connectivity index (χ4v) is 4.73. The number of methoxy groups -OCH3 is 1. The summed E-state index contributed by atoms with van der Waals surface area (Å²) < 4.78 is 7.80. The SMILES string of the molecule is COc1ccc(-c2c(-c3ccccc3)c3cc4ccccc4nc3n2Cc2ccccc2)cc1. The Bertz CT molecular complexity index is 1580. The quantitative estimate of drug-likeness (QED) is 0.276. The van der Waals surface area contributed by atoms with Crippen LogP contribution >= 0.6 is 0 Å². The van der Waals surface area contributed by atoms with Crippen molar-refractivity contribution in [3.05, 3.63) is 121 Å². The Hall–Kier alpha value is -4.37. The maximum atomic E-state index is 5.44. The van der Waals surface area contributed by atoms with E-state index in [1.165, 1.54) is 16.7 Å². The van der Waals surface area contributed by atoms with Gasteiger partial charge >= 0.3 is 0 Å². The van der Waals surface area contributed by atoms with Crippen LogP contribution in [-0.4, -0.2) is 16.7 Å². The lowest BCUT2D eigenvalue weighted by atomic mass is 9.98. The highest BCUT2D eigenvalue weighted by Gasteiger charge is 2.22. The van der Waals surface area contributed by atoms with Gasteiger partial charge in [-0.1, -0.05) is 78.9 Å². The summed E-state index contributed by atoms with van der Waals surface area (Å²) in [5.41, 5.74) is 7.92. The Morgan fingerprint density at radius 3 is 2.12 bits per heavy atom. The molecule has 0 N–H and O–H groups in total. The first-order valence-corrected chi connectivity index (χ1v) is 11.5. The van der Waals surface area contributed by atoms with Crippen molar-refractivity contribution in [2.24, 2.45) is 0 Å². The number of nitrogens with zero attached hydrogens (tertiary/aromatic N) is 2. The average molecular weight is 441 g/mol. The molecule has 3 nitrogen and oxygen atoms in total. The zero-order valence-corrected chi connectivity index (χ0v) is 19.0. The summed E-state index contributed by atoms with van der Waals surface area (Å²) in [5.74, 6) is 0.847. The van der Waals surface area contributed by atoms with Gasteiger partial charge in [0, 0.05) is 22.9 Å². The summed E-state index contributed by atoms with van der Waals surface area (Å²) in [4.78, 5) is 5.18. The Morgan fingerprint density at radius 1 is 0.706 bits per heavy atom. The predicted octanol–water partition coefficient (Wildman–Crippen LogP) is 7.58. The number of ether oxygens (including phenoxy) is 1. The van der Waals surface area contributed by atoms with Crippen molar-refractivity contribution in [2.45, 2.75) is 6.54 Å². The van der Waals surface area contributed by atoms with Gasteiger partial charge in [0.05, 0.1) is 18.3 Å². The third-order valence-corrected chi connectivity index (χ3v) is 6.35. The van der Waals surface area contributed by atoms with Crippen molar-refractivity contribution in [3.63, 3.8) is 0 Å². The molecule has 2 heterocycles. The number of hydrogen-bond acceptors (Lipinski definition) is 2. The minimum absolute atomic E-state index is 0.733. The third-order valence-electron chi connectivity index (χ3n) is 6.35. The molecule has 0 amide bonds. The number of fused-ring (bicyclic) bond motifs is 2. The van der Waals surface area contributed by atoms with Crippen LogP contribution in [0.3, 0.4) is 0 Å². The second kappa shape index (κ2) is 8.53. The van der Waals surface area contributed by atoms with Crippen LogP contribution in [0.4, 0.5) is 0 Å². The molecule has 0 aliphatic rings. The summed E-state index contributed by atoms with van der Waals surface area (Å²) in [6.45, 7) is 0.733. The van der Waals surface area contributed by atoms with E-state index in [2.05, 4.69) is 102 Å². The van der Waals surface area contributed by atoms with Crippen LogP contribution < -0.4 is 4.74 Å². The molecule has 164 valence electrons. The molecule has 2 aromatic heterocycles. The molecule has 4 aromatic carbocycles. The van der Waals surface area contributed by atoms with E-state index in [0.29, 0.717) is 0 Å². The van der Waals surface area contributed by atoms with E-state index in [1.54, 1.807) is 7.11 Å². The van der Waals surface area contributed by atoms with Crippen LogP contribution in [0.1, 0.15) is 5.56 Å². The molecule has 34 heavy (non-hydrogen) atoms. The number of benzene rings is 4. The Kier molecular flexibility index (Phi) is 5.08. The van der Waals surface area contributed by atoms with Gasteiger partial charge in [0.2, 0.25) is 0 Å². The second-order valence-corrected chi connectivity index (χ2v) is 8.44. The summed E-state index contributed by atoms with van der Waals surface area (Å²) in [6.07, 6.45) is 0. The number of aromatic nitrogens is 2. The standard InChI is InChI=1S/C31H24N2O/c1-34-26-18-16-24(17-19-26)30-29(23-12-6-3-7-13-23)27-20-25-14-8-9-15-28(25)32-31(27)33(30)21-22-10-4-2-5-11-22/h2-20H,21H2,1H3. The highest BCUT2D eigenvalue weighted by molar-refractivity contribution is 6.07. The molecule has 6 aromatic rings. The van der Waals surface area contributed by atoms with Crippen molar-refractivity contribution in [3.8, 4) is 28.1 Å². The molecule has 0 aliphatic carbocycles. The third kappa shape index (κ3) is 3.52. The van der Waals surface area contributed by atoms with E-state index >= 15 is 0 Å². The van der Waals surface area contributed by atoms with Gasteiger partial charge in [-0.2, -0.15) is 0 Å². The summed E-state index contributed by atoms with van der Waals surface area (Å²) in [6, 6.07) is 40.2. The number of rotatable bonds is 5. The number of hydrogen-bond donors (Lipinski definition) is 0. The largest absolute Gasteiger partial charge is 0.497 e. The lowest BCUT2D eigenvalue weighted by Gasteiger charge is -2.13. The smallest absolute Gasteiger partial charge is 0.142 e. The van der Waals surface area contributed by atoms with Crippen molar-refractivity contribution < 1.29 is 4.74 Å². The fourth-order valence-electron chi connectivity index (χ4n) is 4.73. The first-order chi connectivity index (χ1) is 16.8. The maximum Gasteiger partial charge on any atom is 0.142 e. The van der Waals surface area contributed by atoms with E-state index in [0.717, 1.165) is 45.5 Å². The normalized spacial score (nSPS) is 11.2. The topological polar surface area (TPSA) is 27.1 Å². The van der Waals surface area contributed by atoms with Crippen LogP contribution in [0.2, 0.25) is 0 Å². The molecular weight excluding hydrogens is 416 g/mol. The van der Waals surface area contributed by atoms with Gasteiger partial charge in [-0.3, -0.25) is 0 Å². The van der Waals surface area contributed by atoms with Crippen LogP contribution in [0, 0.1) is 0 Å². The summed E-state index contributed by atoms with van der Waals surface area (Å²) >= 11 is 0. The van der Waals surface area contributed by atoms with Crippen molar-refractivity contribution in [1.82, 2.24) is 9.55 Å². The molecule has 0 aliphatic heterocycles. The summed E-state index contributed by atoms with van der Waals surface area (Å²) in [5, 5.41) is 2.30. The Labute approximate surface area is 198 Å². The fraction of sp³-hybridized carbons (Fsp3) is 0.0645. The zero-order chi connectivity index (χ0) is 22.9. The van der Waals surface area contributed by atoms with E-state index in [9.17, 15) is 0 Å². The molecule has 0 fully saturated rings. The Balaban J connectivity index is 1.73. The molecule has 0 radical (unpaired) electrons. The minimum atomic E-state index is 0.733. The molecule has 0 saturated carbocycles. The van der Waals surface area contributed by atoms with Crippen molar-refractivity contribution >= 4 is 21.9 Å². The van der Waals surface area contributed by atoms with E-state index in [-0.39, 0.29) is 0 Å². The molecule has 0 atom stereocenters. The zero-order valence-electron chi connectivity index (χ0n) is 19.0. The van der Waals surface area contributed by atoms with Gasteiger partial charge in [-0.05, 0) is 53.1 Å². The van der Waals surface area contributed by atoms with E-state index in [4.69, 9.17) is 9.72 Å². The van der Waals surface area contributed by atoms with Gasteiger partial charge in [0.25, 0.3) is 0 Å². The van der Waals surface area contributed by atoms with E-state index in [1.807, 2.05) is 18.2 Å². The minimum Gasteiger partial charge on any atom is -0.497 e. The van der Waals surface area contributed by atoms with Crippen LogP contribution in [0.25, 0.3) is 44.3 Å². The summed E-state index contributed by atoms with van der Waals surface area (Å²) in [7, 11) is 1.70. The predicted molar refractivity (Wildman–Crippen MR) is 140 cm³/mol. The first-order valence-electron chi connectivity index (χ1n) is 11.5. The van der Waals surface area contributed by atoms with Crippen molar-refractivity contribution in [1.29, 1.82) is 0 Å². The van der Waals surface area contributed by atoms with Gasteiger partial charge in [-0.15, -0.1) is 0 Å². The lowest BCUT2D eigenvalue weighted by Crippen LogP contribution is -2.03. The Morgan fingerprint density at radius 2 is 1.38 bits per heavy atom. The molecule has 6 rings (SSSR count). The van der Waals surface area contributed by atoms with Crippen LogP contribution in [0.5, 0.6) is 5.75 Å². The maximum absolute atomic E-state index is 5.44. The van der Waals surface area contributed by atoms with Crippen LogP contribution in [0.15, 0.2) is 115 Å². The molecule has 0 spiro atoms. The van der Waals surface area contributed by atoms with Gasteiger partial charge in [0.15, 0.2) is 0 Å². The molecule has 0 saturated heterocycles. The highest BCUT2D eigenvalue weighted by Crippen LogP contribution is 2.42. The highest BCUT2D eigenvalue weighted by atomic mass is 16.5. The second-order valence-electron chi connectivity index (χ2n) is 8.44. The molecule has 0 bridgehead atoms. The average Bonchev–Trinajstić information content (AvgIpc) is 3.21. The number of para-hydroxylation sites is 1. The van der Waals surface area contributed by atoms with Gasteiger partial charge in [0.1, 0.15) is 11.4 Å². The van der Waals surface area contributed by atoms with Crippen LogP contribution in [-0.2, 0) is 6.54 Å².